The molecule has 0 aromatic heterocycles. The smallest absolute Gasteiger partial charge is 0.0160 e. The third-order valence-corrected chi connectivity index (χ3v) is 1.48. The summed E-state index contributed by atoms with van der Waals surface area (Å²) in [6.45, 7) is 0. The molecule has 0 spiro atoms. The summed E-state index contributed by atoms with van der Waals surface area (Å²) in [4.78, 5) is 0. The van der Waals surface area contributed by atoms with Gasteiger partial charge in [-0.25, -0.2) is 0 Å². The highest BCUT2D eigenvalue weighted by Crippen LogP contribution is 1.97. The molecule has 0 atom stereocenters. The molecule has 0 saturated heterocycles. The standard InChI is InChI=1S/C11H13/c1-2-4-6-8-10-11-9-7-5-3-1/h1-4,8-9,11H,5,7,10H2/b3-1-,4-2-,8-6?,11-9-. The van der Waals surface area contributed by atoms with Crippen molar-refractivity contribution in [1.82, 2.24) is 0 Å². The number of allylic oxidation sites excluding steroid dienone is 8. The van der Waals surface area contributed by atoms with Crippen molar-refractivity contribution in [2.24, 2.45) is 0 Å². The summed E-state index contributed by atoms with van der Waals surface area (Å²) in [6, 6.07) is 0. The van der Waals surface area contributed by atoms with Crippen LogP contribution in [0.4, 0.5) is 0 Å². The van der Waals surface area contributed by atoms with Gasteiger partial charge in [-0.1, -0.05) is 42.5 Å². The molecule has 0 unspecified atom stereocenters. The van der Waals surface area contributed by atoms with Gasteiger partial charge in [0.25, 0.3) is 0 Å². The summed E-state index contributed by atoms with van der Waals surface area (Å²) < 4.78 is 0. The summed E-state index contributed by atoms with van der Waals surface area (Å²) in [7, 11) is 0. The Labute approximate surface area is 68.6 Å². The van der Waals surface area contributed by atoms with Gasteiger partial charge < -0.3 is 0 Å². The maximum absolute atomic E-state index is 3.07. The van der Waals surface area contributed by atoms with Crippen molar-refractivity contribution in [2.45, 2.75) is 19.3 Å². The normalized spacial score (nSPS) is 29.8. The molecule has 1 rings (SSSR count). The molecule has 0 aliphatic heterocycles. The lowest BCUT2D eigenvalue weighted by molar-refractivity contribution is 1.04. The predicted molar refractivity (Wildman–Crippen MR) is 49.1 cm³/mol. The Morgan fingerprint density at radius 3 is 2.82 bits per heavy atom. The van der Waals surface area contributed by atoms with Crippen LogP contribution < -0.4 is 0 Å². The van der Waals surface area contributed by atoms with Crippen LogP contribution in [0.1, 0.15) is 19.3 Å². The fourth-order valence-corrected chi connectivity index (χ4v) is 0.897. The molecule has 11 heavy (non-hydrogen) atoms. The number of hydrogen-bond donors (Lipinski definition) is 0. The first-order chi connectivity index (χ1) is 5.50. The molecule has 0 amide bonds. The van der Waals surface area contributed by atoms with E-state index in [1.54, 1.807) is 0 Å². The maximum Gasteiger partial charge on any atom is -0.0160 e. The lowest BCUT2D eigenvalue weighted by Gasteiger charge is -1.83. The lowest BCUT2D eigenvalue weighted by atomic mass is 10.2. The van der Waals surface area contributed by atoms with Crippen molar-refractivity contribution < 1.29 is 0 Å². The molecule has 1 radical (unpaired) electrons. The summed E-state index contributed by atoms with van der Waals surface area (Å²) in [5, 5.41) is 0. The summed E-state index contributed by atoms with van der Waals surface area (Å²) in [5.41, 5.74) is 0. The van der Waals surface area contributed by atoms with E-state index >= 15 is 0 Å². The highest BCUT2D eigenvalue weighted by atomic mass is 13.8. The van der Waals surface area contributed by atoms with E-state index in [2.05, 4.69) is 30.4 Å². The third-order valence-electron chi connectivity index (χ3n) is 1.48. The zero-order valence-corrected chi connectivity index (χ0v) is 6.66. The summed E-state index contributed by atoms with van der Waals surface area (Å²) in [5.74, 6) is 0. The summed E-state index contributed by atoms with van der Waals surface area (Å²) in [6.07, 6.45) is 21.0. The second-order valence-electron chi connectivity index (χ2n) is 2.44. The molecule has 1 aliphatic rings. The minimum absolute atomic E-state index is 1.00. The van der Waals surface area contributed by atoms with Crippen LogP contribution in [0, 0.1) is 6.08 Å². The minimum atomic E-state index is 1.00. The molecule has 57 valence electrons. The van der Waals surface area contributed by atoms with E-state index in [9.17, 15) is 0 Å². The van der Waals surface area contributed by atoms with Crippen LogP contribution in [-0.2, 0) is 0 Å². The number of rotatable bonds is 0. The highest BCUT2D eigenvalue weighted by Gasteiger charge is 1.76. The second-order valence-corrected chi connectivity index (χ2v) is 2.44. The summed E-state index contributed by atoms with van der Waals surface area (Å²) >= 11 is 0. The Balaban J connectivity index is 2.47. The van der Waals surface area contributed by atoms with Crippen LogP contribution in [-0.4, -0.2) is 0 Å². The van der Waals surface area contributed by atoms with Crippen LogP contribution in [0.3, 0.4) is 0 Å². The van der Waals surface area contributed by atoms with Crippen molar-refractivity contribution >= 4 is 0 Å². The van der Waals surface area contributed by atoms with Crippen molar-refractivity contribution in [1.29, 1.82) is 0 Å². The molecule has 0 fully saturated rings. The van der Waals surface area contributed by atoms with E-state index in [1.807, 2.05) is 18.2 Å². The average molecular weight is 145 g/mol. The zero-order valence-electron chi connectivity index (χ0n) is 6.66. The van der Waals surface area contributed by atoms with Crippen LogP contribution in [0.2, 0.25) is 0 Å². The van der Waals surface area contributed by atoms with E-state index < -0.39 is 0 Å². The Morgan fingerprint density at radius 2 is 1.82 bits per heavy atom. The monoisotopic (exact) mass is 145 g/mol. The fraction of sp³-hybridized carbons (Fsp3) is 0.273. The van der Waals surface area contributed by atoms with E-state index in [0.29, 0.717) is 0 Å². The lowest BCUT2D eigenvalue weighted by Crippen LogP contribution is -1.63. The molecular weight excluding hydrogens is 132 g/mol. The SMILES string of the molecule is [C]1=C/C/C=C\CC\C=C/C=C\1. The Morgan fingerprint density at radius 1 is 0.909 bits per heavy atom. The first kappa shape index (κ1) is 8.06. The largest absolute Gasteiger partial charge is 0.0879 e. The van der Waals surface area contributed by atoms with Crippen molar-refractivity contribution in [3.63, 3.8) is 0 Å². The van der Waals surface area contributed by atoms with Crippen LogP contribution >= 0.6 is 0 Å². The van der Waals surface area contributed by atoms with Gasteiger partial charge in [-0.2, -0.15) is 0 Å². The molecule has 0 saturated carbocycles. The van der Waals surface area contributed by atoms with Gasteiger partial charge in [-0.3, -0.25) is 0 Å². The molecule has 0 heterocycles. The van der Waals surface area contributed by atoms with Gasteiger partial charge in [0, 0.05) is 0 Å². The van der Waals surface area contributed by atoms with Gasteiger partial charge in [0.15, 0.2) is 0 Å². The van der Waals surface area contributed by atoms with Crippen LogP contribution in [0.5, 0.6) is 0 Å². The Hall–Kier alpha value is -1.04. The van der Waals surface area contributed by atoms with Gasteiger partial charge in [0.2, 0.25) is 0 Å². The van der Waals surface area contributed by atoms with E-state index in [4.69, 9.17) is 0 Å². The Bertz CT molecular complexity index is 192. The number of hydrogen-bond acceptors (Lipinski definition) is 0. The van der Waals surface area contributed by atoms with Gasteiger partial charge in [0.1, 0.15) is 0 Å². The molecule has 0 heteroatoms. The van der Waals surface area contributed by atoms with Crippen molar-refractivity contribution in [2.75, 3.05) is 0 Å². The van der Waals surface area contributed by atoms with Crippen LogP contribution in [0.15, 0.2) is 42.5 Å². The zero-order chi connectivity index (χ0) is 7.78. The first-order valence-electron chi connectivity index (χ1n) is 4.04. The Kier molecular flexibility index (Phi) is 4.19. The van der Waals surface area contributed by atoms with Crippen molar-refractivity contribution in [3.05, 3.63) is 48.6 Å². The molecule has 0 nitrogen and oxygen atoms in total. The predicted octanol–water partition coefficient (Wildman–Crippen LogP) is 3.20. The van der Waals surface area contributed by atoms with E-state index in [0.717, 1.165) is 19.3 Å². The molecule has 0 aromatic rings. The van der Waals surface area contributed by atoms with E-state index in [-0.39, 0.29) is 0 Å². The third kappa shape index (κ3) is 4.38. The molecule has 0 bridgehead atoms. The van der Waals surface area contributed by atoms with Gasteiger partial charge >= 0.3 is 0 Å². The highest BCUT2D eigenvalue weighted by molar-refractivity contribution is 5.09. The van der Waals surface area contributed by atoms with Crippen molar-refractivity contribution in [3.8, 4) is 0 Å². The van der Waals surface area contributed by atoms with Gasteiger partial charge in [0.05, 0.1) is 0 Å². The van der Waals surface area contributed by atoms with Crippen LogP contribution in [0.25, 0.3) is 0 Å². The quantitative estimate of drug-likeness (QED) is 0.459. The van der Waals surface area contributed by atoms with E-state index in [1.165, 1.54) is 0 Å². The minimum Gasteiger partial charge on any atom is -0.0879 e. The fourth-order valence-electron chi connectivity index (χ4n) is 0.897. The van der Waals surface area contributed by atoms with Gasteiger partial charge in [-0.15, -0.1) is 0 Å². The molecule has 0 aromatic carbocycles. The van der Waals surface area contributed by atoms with Gasteiger partial charge in [-0.05, 0) is 25.3 Å². The molecule has 1 aliphatic carbocycles. The molecular formula is C11H13. The molecule has 0 N–H and O–H groups in total. The average Bonchev–Trinajstić information content (AvgIpc) is 2.08. The topological polar surface area (TPSA) is 0 Å². The maximum atomic E-state index is 3.07. The first-order valence-corrected chi connectivity index (χ1v) is 4.04. The second kappa shape index (κ2) is 5.72.